The Balaban J connectivity index is 2.11. The van der Waals surface area contributed by atoms with Crippen molar-refractivity contribution in [3.05, 3.63) is 64.7 Å². The van der Waals surface area contributed by atoms with E-state index in [4.69, 9.17) is 14.6 Å². The van der Waals surface area contributed by atoms with Gasteiger partial charge < -0.3 is 14.6 Å². The third-order valence-corrected chi connectivity index (χ3v) is 3.81. The minimum Gasteiger partial charge on any atom is -0.496 e. The van der Waals surface area contributed by atoms with E-state index in [0.29, 0.717) is 5.56 Å². The van der Waals surface area contributed by atoms with Gasteiger partial charge in [-0.25, -0.2) is 9.59 Å². The van der Waals surface area contributed by atoms with Gasteiger partial charge in [0.05, 0.1) is 18.2 Å². The van der Waals surface area contributed by atoms with Gasteiger partial charge in [-0.1, -0.05) is 32.9 Å². The molecular formula is C20H22O5. The fourth-order valence-electron chi connectivity index (χ4n) is 2.40. The SMILES string of the molecule is COc1ccc(C(=O)OCc2ccc(C(=O)O)cc2)cc1C(C)(C)C. The smallest absolute Gasteiger partial charge is 0.338 e. The maximum atomic E-state index is 12.3. The lowest BCUT2D eigenvalue weighted by atomic mass is 9.85. The summed E-state index contributed by atoms with van der Waals surface area (Å²) in [5.41, 5.74) is 2.12. The van der Waals surface area contributed by atoms with Gasteiger partial charge in [0, 0.05) is 5.56 Å². The van der Waals surface area contributed by atoms with Gasteiger partial charge in [-0.3, -0.25) is 0 Å². The van der Waals surface area contributed by atoms with Gasteiger partial charge in [0.25, 0.3) is 0 Å². The van der Waals surface area contributed by atoms with Gasteiger partial charge in [0.2, 0.25) is 0 Å². The summed E-state index contributed by atoms with van der Waals surface area (Å²) in [7, 11) is 1.60. The maximum Gasteiger partial charge on any atom is 0.338 e. The molecule has 5 heteroatoms. The number of carbonyl (C=O) groups excluding carboxylic acids is 1. The third-order valence-electron chi connectivity index (χ3n) is 3.81. The monoisotopic (exact) mass is 342 g/mol. The van der Waals surface area contributed by atoms with Crippen LogP contribution in [0.15, 0.2) is 42.5 Å². The first kappa shape index (κ1) is 18.5. The van der Waals surface area contributed by atoms with E-state index >= 15 is 0 Å². The molecule has 0 aliphatic carbocycles. The van der Waals surface area contributed by atoms with Crippen molar-refractivity contribution in [2.45, 2.75) is 32.8 Å². The van der Waals surface area contributed by atoms with E-state index in [-0.39, 0.29) is 17.6 Å². The number of carbonyl (C=O) groups is 2. The van der Waals surface area contributed by atoms with E-state index in [1.165, 1.54) is 12.1 Å². The molecule has 0 aliphatic rings. The van der Waals surface area contributed by atoms with E-state index in [1.807, 2.05) is 20.8 Å². The molecule has 0 spiro atoms. The Morgan fingerprint density at radius 2 is 1.60 bits per heavy atom. The average molecular weight is 342 g/mol. The highest BCUT2D eigenvalue weighted by atomic mass is 16.5. The molecule has 2 aromatic carbocycles. The minimum absolute atomic E-state index is 0.0790. The highest BCUT2D eigenvalue weighted by molar-refractivity contribution is 5.90. The van der Waals surface area contributed by atoms with Crippen LogP contribution in [-0.2, 0) is 16.8 Å². The van der Waals surface area contributed by atoms with Crippen molar-refractivity contribution in [2.75, 3.05) is 7.11 Å². The molecule has 25 heavy (non-hydrogen) atoms. The van der Waals surface area contributed by atoms with Gasteiger partial charge in [-0.2, -0.15) is 0 Å². The average Bonchev–Trinajstić information content (AvgIpc) is 2.58. The molecule has 0 unspecified atom stereocenters. The van der Waals surface area contributed by atoms with E-state index in [9.17, 15) is 9.59 Å². The van der Waals surface area contributed by atoms with Crippen molar-refractivity contribution in [2.24, 2.45) is 0 Å². The predicted octanol–water partition coefficient (Wildman–Crippen LogP) is 4.05. The zero-order valence-electron chi connectivity index (χ0n) is 14.8. The molecule has 0 amide bonds. The maximum absolute atomic E-state index is 12.3. The lowest BCUT2D eigenvalue weighted by molar-refractivity contribution is 0.0471. The standard InChI is InChI=1S/C20H22O5/c1-20(2,3)16-11-15(9-10-17(16)24-4)19(23)25-12-13-5-7-14(8-6-13)18(21)22/h5-11H,12H2,1-4H3,(H,21,22). The molecule has 2 rings (SSSR count). The second-order valence-corrected chi connectivity index (χ2v) is 6.74. The summed E-state index contributed by atoms with van der Waals surface area (Å²) in [6, 6.07) is 11.4. The number of ether oxygens (including phenoxy) is 2. The number of methoxy groups -OCH3 is 1. The van der Waals surface area contributed by atoms with Crippen LogP contribution in [0.2, 0.25) is 0 Å². The van der Waals surface area contributed by atoms with Gasteiger partial charge in [-0.15, -0.1) is 0 Å². The zero-order valence-corrected chi connectivity index (χ0v) is 14.8. The summed E-state index contributed by atoms with van der Waals surface area (Å²) in [5.74, 6) is -0.694. The molecule has 0 atom stereocenters. The van der Waals surface area contributed by atoms with Crippen LogP contribution in [0.4, 0.5) is 0 Å². The quantitative estimate of drug-likeness (QED) is 0.830. The topological polar surface area (TPSA) is 72.8 Å². The highest BCUT2D eigenvalue weighted by Crippen LogP contribution is 2.32. The fraction of sp³-hybridized carbons (Fsp3) is 0.300. The molecule has 132 valence electrons. The Morgan fingerprint density at radius 1 is 1.00 bits per heavy atom. The van der Waals surface area contributed by atoms with Crippen LogP contribution in [0.1, 0.15) is 52.6 Å². The largest absolute Gasteiger partial charge is 0.496 e. The Bertz CT molecular complexity index is 770. The number of carboxylic acids is 1. The Morgan fingerprint density at radius 3 is 2.12 bits per heavy atom. The summed E-state index contributed by atoms with van der Waals surface area (Å²) < 4.78 is 10.7. The minimum atomic E-state index is -0.989. The van der Waals surface area contributed by atoms with Crippen LogP contribution >= 0.6 is 0 Å². The van der Waals surface area contributed by atoms with Crippen molar-refractivity contribution >= 4 is 11.9 Å². The van der Waals surface area contributed by atoms with E-state index < -0.39 is 11.9 Å². The van der Waals surface area contributed by atoms with E-state index in [2.05, 4.69) is 0 Å². The first-order valence-corrected chi connectivity index (χ1v) is 7.90. The van der Waals surface area contributed by atoms with Crippen LogP contribution in [0.5, 0.6) is 5.75 Å². The van der Waals surface area contributed by atoms with E-state index in [0.717, 1.165) is 16.9 Å². The number of esters is 1. The molecule has 0 saturated heterocycles. The summed E-state index contributed by atoms with van der Waals surface area (Å²) in [6.45, 7) is 6.22. The molecule has 0 heterocycles. The van der Waals surface area contributed by atoms with Crippen molar-refractivity contribution in [3.63, 3.8) is 0 Å². The fourth-order valence-corrected chi connectivity index (χ4v) is 2.40. The summed E-state index contributed by atoms with van der Waals surface area (Å²) in [4.78, 5) is 23.1. The van der Waals surface area contributed by atoms with Gasteiger partial charge >= 0.3 is 11.9 Å². The third kappa shape index (κ3) is 4.59. The van der Waals surface area contributed by atoms with Crippen LogP contribution in [0, 0.1) is 0 Å². The van der Waals surface area contributed by atoms with E-state index in [1.54, 1.807) is 37.4 Å². The van der Waals surface area contributed by atoms with Gasteiger partial charge in [-0.05, 0) is 41.3 Å². The lowest BCUT2D eigenvalue weighted by Crippen LogP contribution is -2.15. The molecule has 2 aromatic rings. The van der Waals surface area contributed by atoms with Crippen molar-refractivity contribution in [1.82, 2.24) is 0 Å². The van der Waals surface area contributed by atoms with Gasteiger partial charge in [0.1, 0.15) is 12.4 Å². The summed E-state index contributed by atoms with van der Waals surface area (Å²) >= 11 is 0. The lowest BCUT2D eigenvalue weighted by Gasteiger charge is -2.22. The normalized spacial score (nSPS) is 11.0. The molecule has 0 aliphatic heterocycles. The zero-order chi connectivity index (χ0) is 18.6. The molecule has 0 aromatic heterocycles. The van der Waals surface area contributed by atoms with Gasteiger partial charge in [0.15, 0.2) is 0 Å². The molecule has 0 fully saturated rings. The molecule has 5 nitrogen and oxygen atoms in total. The first-order chi connectivity index (χ1) is 11.7. The van der Waals surface area contributed by atoms with Crippen molar-refractivity contribution < 1.29 is 24.2 Å². The number of benzene rings is 2. The van der Waals surface area contributed by atoms with Crippen molar-refractivity contribution in [1.29, 1.82) is 0 Å². The number of aromatic carboxylic acids is 1. The number of hydrogen-bond acceptors (Lipinski definition) is 4. The Labute approximate surface area is 147 Å². The Kier molecular flexibility index (Phi) is 5.47. The number of hydrogen-bond donors (Lipinski definition) is 1. The van der Waals surface area contributed by atoms with Crippen LogP contribution in [-0.4, -0.2) is 24.2 Å². The summed E-state index contributed by atoms with van der Waals surface area (Å²) in [5, 5.41) is 8.88. The number of rotatable bonds is 5. The molecule has 0 bridgehead atoms. The molecule has 0 saturated carbocycles. The van der Waals surface area contributed by atoms with Crippen LogP contribution in [0.3, 0.4) is 0 Å². The van der Waals surface area contributed by atoms with Crippen LogP contribution < -0.4 is 4.74 Å². The molecule has 0 radical (unpaired) electrons. The highest BCUT2D eigenvalue weighted by Gasteiger charge is 2.21. The molecular weight excluding hydrogens is 320 g/mol. The Hall–Kier alpha value is -2.82. The van der Waals surface area contributed by atoms with Crippen LogP contribution in [0.25, 0.3) is 0 Å². The predicted molar refractivity (Wildman–Crippen MR) is 94.2 cm³/mol. The number of carboxylic acid groups (broad SMARTS) is 1. The summed E-state index contributed by atoms with van der Waals surface area (Å²) in [6.07, 6.45) is 0. The molecule has 1 N–H and O–H groups in total. The second-order valence-electron chi connectivity index (χ2n) is 6.74. The second kappa shape index (κ2) is 7.38. The first-order valence-electron chi connectivity index (χ1n) is 7.90. The van der Waals surface area contributed by atoms with Crippen molar-refractivity contribution in [3.8, 4) is 5.75 Å².